The summed E-state index contributed by atoms with van der Waals surface area (Å²) in [5.41, 5.74) is 0. The van der Waals surface area contributed by atoms with E-state index >= 15 is 0 Å². The molecule has 3 N–H and O–H groups in total. The number of nitrogens with zero attached hydrogens (tertiary/aromatic N) is 1. The number of rotatable bonds is 6. The van der Waals surface area contributed by atoms with Gasteiger partial charge in [-0.15, -0.1) is 0 Å². The number of aliphatic hydroxyl groups is 2. The van der Waals surface area contributed by atoms with Gasteiger partial charge in [-0.25, -0.2) is 0 Å². The average Bonchev–Trinajstić information content (AvgIpc) is 2.25. The van der Waals surface area contributed by atoms with E-state index in [0.717, 1.165) is 13.1 Å². The van der Waals surface area contributed by atoms with Crippen molar-refractivity contribution in [2.24, 2.45) is 0 Å². The first kappa shape index (κ1) is 12.3. The number of aliphatic hydroxyl groups excluding tert-OH is 2. The molecule has 1 unspecified atom stereocenters. The summed E-state index contributed by atoms with van der Waals surface area (Å²) in [5.74, 6) is 2.47. The van der Waals surface area contributed by atoms with Gasteiger partial charge in [-0.3, -0.25) is 0 Å². The van der Waals surface area contributed by atoms with Crippen LogP contribution in [0.25, 0.3) is 0 Å². The normalized spacial score (nSPS) is 21.0. The highest BCUT2D eigenvalue weighted by Gasteiger charge is 2.09. The molecular weight excluding hydrogens is 200 g/mol. The van der Waals surface area contributed by atoms with Crippen molar-refractivity contribution in [1.29, 1.82) is 0 Å². The van der Waals surface area contributed by atoms with Crippen LogP contribution in [0.5, 0.6) is 0 Å². The largest absolute Gasteiger partial charge is 0.394 e. The Hall–Kier alpha value is 0.190. The van der Waals surface area contributed by atoms with E-state index in [0.29, 0.717) is 6.54 Å². The minimum atomic E-state index is -0.619. The monoisotopic (exact) mass is 220 g/mol. The molecule has 0 aliphatic carbocycles. The summed E-state index contributed by atoms with van der Waals surface area (Å²) < 4.78 is 0. The molecule has 4 nitrogen and oxygen atoms in total. The lowest BCUT2D eigenvalue weighted by molar-refractivity contribution is 0.0939. The van der Waals surface area contributed by atoms with Gasteiger partial charge in [0.25, 0.3) is 0 Å². The first-order valence-electron chi connectivity index (χ1n) is 5.12. The molecule has 1 rings (SSSR count). The van der Waals surface area contributed by atoms with Crippen molar-refractivity contribution in [3.63, 3.8) is 0 Å². The Labute approximate surface area is 89.7 Å². The second-order valence-corrected chi connectivity index (χ2v) is 4.72. The average molecular weight is 220 g/mol. The molecule has 5 heteroatoms. The van der Waals surface area contributed by atoms with Crippen molar-refractivity contribution in [2.75, 3.05) is 50.8 Å². The van der Waals surface area contributed by atoms with Crippen LogP contribution in [-0.2, 0) is 0 Å². The van der Waals surface area contributed by atoms with Gasteiger partial charge in [-0.1, -0.05) is 0 Å². The highest BCUT2D eigenvalue weighted by molar-refractivity contribution is 7.99. The van der Waals surface area contributed by atoms with Crippen LogP contribution < -0.4 is 5.32 Å². The molecule has 14 heavy (non-hydrogen) atoms. The van der Waals surface area contributed by atoms with E-state index in [1.165, 1.54) is 24.6 Å². The van der Waals surface area contributed by atoms with Crippen LogP contribution in [0.2, 0.25) is 0 Å². The van der Waals surface area contributed by atoms with Gasteiger partial charge in [0.2, 0.25) is 0 Å². The summed E-state index contributed by atoms with van der Waals surface area (Å²) in [5, 5.41) is 20.8. The zero-order chi connectivity index (χ0) is 10.2. The molecule has 0 amide bonds. The van der Waals surface area contributed by atoms with Gasteiger partial charge in [-0.05, 0) is 0 Å². The third kappa shape index (κ3) is 5.17. The third-order valence-corrected chi connectivity index (χ3v) is 3.24. The van der Waals surface area contributed by atoms with E-state index in [1.807, 2.05) is 11.8 Å². The van der Waals surface area contributed by atoms with Crippen LogP contribution in [0, 0.1) is 0 Å². The molecular formula is C9H20N2O2S. The highest BCUT2D eigenvalue weighted by atomic mass is 32.2. The Bertz CT molecular complexity index is 143. The molecule has 0 bridgehead atoms. The lowest BCUT2D eigenvalue weighted by atomic mass is 10.3. The molecule has 0 radical (unpaired) electrons. The van der Waals surface area contributed by atoms with Crippen LogP contribution in [0.4, 0.5) is 0 Å². The number of thioether (sulfide) groups is 1. The zero-order valence-electron chi connectivity index (χ0n) is 8.48. The van der Waals surface area contributed by atoms with Gasteiger partial charge in [-0.2, -0.15) is 11.8 Å². The first-order chi connectivity index (χ1) is 6.83. The van der Waals surface area contributed by atoms with Gasteiger partial charge < -0.3 is 20.4 Å². The Balaban J connectivity index is 1.92. The quantitative estimate of drug-likeness (QED) is 0.500. The summed E-state index contributed by atoms with van der Waals surface area (Å²) >= 11 is 2.01. The van der Waals surface area contributed by atoms with Crippen LogP contribution in [0.15, 0.2) is 0 Å². The molecule has 1 aliphatic heterocycles. The molecule has 84 valence electrons. The number of hydrogen-bond donors (Lipinski definition) is 3. The molecule has 1 aliphatic rings. The second-order valence-electron chi connectivity index (χ2n) is 3.49. The molecule has 1 fully saturated rings. The SMILES string of the molecule is OCC(O)CNCCN1CCSCC1. The van der Waals surface area contributed by atoms with Crippen molar-refractivity contribution < 1.29 is 10.2 Å². The molecule has 1 atom stereocenters. The van der Waals surface area contributed by atoms with Crippen molar-refractivity contribution in [3.8, 4) is 0 Å². The predicted molar refractivity (Wildman–Crippen MR) is 59.7 cm³/mol. The topological polar surface area (TPSA) is 55.7 Å². The lowest BCUT2D eigenvalue weighted by Gasteiger charge is -2.26. The van der Waals surface area contributed by atoms with Gasteiger partial charge in [0.15, 0.2) is 0 Å². The maximum absolute atomic E-state index is 9.07. The van der Waals surface area contributed by atoms with E-state index in [2.05, 4.69) is 10.2 Å². The van der Waals surface area contributed by atoms with E-state index in [-0.39, 0.29) is 6.61 Å². The smallest absolute Gasteiger partial charge is 0.0894 e. The molecule has 0 saturated carbocycles. The van der Waals surface area contributed by atoms with Gasteiger partial charge >= 0.3 is 0 Å². The molecule has 0 aromatic rings. The minimum absolute atomic E-state index is 0.159. The van der Waals surface area contributed by atoms with Crippen molar-refractivity contribution >= 4 is 11.8 Å². The maximum atomic E-state index is 9.07. The Morgan fingerprint density at radius 1 is 1.36 bits per heavy atom. The Morgan fingerprint density at radius 2 is 2.07 bits per heavy atom. The van der Waals surface area contributed by atoms with Crippen molar-refractivity contribution in [3.05, 3.63) is 0 Å². The number of hydrogen-bond acceptors (Lipinski definition) is 5. The fraction of sp³-hybridized carbons (Fsp3) is 1.00. The molecule has 1 heterocycles. The van der Waals surface area contributed by atoms with Gasteiger partial charge in [0.1, 0.15) is 0 Å². The molecule has 0 aromatic carbocycles. The van der Waals surface area contributed by atoms with E-state index in [4.69, 9.17) is 10.2 Å². The Kier molecular flexibility index (Phi) is 6.55. The first-order valence-corrected chi connectivity index (χ1v) is 6.28. The van der Waals surface area contributed by atoms with Gasteiger partial charge in [0.05, 0.1) is 12.7 Å². The molecule has 1 saturated heterocycles. The van der Waals surface area contributed by atoms with E-state index in [9.17, 15) is 0 Å². The van der Waals surface area contributed by atoms with Crippen molar-refractivity contribution in [2.45, 2.75) is 6.10 Å². The fourth-order valence-corrected chi connectivity index (χ4v) is 2.37. The van der Waals surface area contributed by atoms with E-state index < -0.39 is 6.10 Å². The summed E-state index contributed by atoms with van der Waals surface area (Å²) in [6.07, 6.45) is -0.619. The van der Waals surface area contributed by atoms with Crippen LogP contribution in [0.1, 0.15) is 0 Å². The minimum Gasteiger partial charge on any atom is -0.394 e. The zero-order valence-corrected chi connectivity index (χ0v) is 9.30. The van der Waals surface area contributed by atoms with Crippen LogP contribution in [0.3, 0.4) is 0 Å². The second kappa shape index (κ2) is 7.48. The number of nitrogens with one attached hydrogen (secondary N) is 1. The maximum Gasteiger partial charge on any atom is 0.0894 e. The van der Waals surface area contributed by atoms with Crippen molar-refractivity contribution in [1.82, 2.24) is 10.2 Å². The van der Waals surface area contributed by atoms with Crippen LogP contribution in [-0.4, -0.2) is 72.1 Å². The highest BCUT2D eigenvalue weighted by Crippen LogP contribution is 2.07. The lowest BCUT2D eigenvalue weighted by Crippen LogP contribution is -2.39. The van der Waals surface area contributed by atoms with E-state index in [1.54, 1.807) is 0 Å². The van der Waals surface area contributed by atoms with Crippen LogP contribution >= 0.6 is 11.8 Å². The summed E-state index contributed by atoms with van der Waals surface area (Å²) in [6.45, 7) is 4.61. The summed E-state index contributed by atoms with van der Waals surface area (Å²) in [7, 11) is 0. The molecule has 0 spiro atoms. The fourth-order valence-electron chi connectivity index (χ4n) is 1.40. The third-order valence-electron chi connectivity index (χ3n) is 2.30. The summed E-state index contributed by atoms with van der Waals surface area (Å²) in [6, 6.07) is 0. The molecule has 0 aromatic heterocycles. The summed E-state index contributed by atoms with van der Waals surface area (Å²) in [4.78, 5) is 2.43. The Morgan fingerprint density at radius 3 is 2.71 bits per heavy atom. The van der Waals surface area contributed by atoms with Gasteiger partial charge in [0, 0.05) is 44.2 Å². The predicted octanol–water partition coefficient (Wildman–Crippen LogP) is -1.02. The standard InChI is InChI=1S/C9H20N2O2S/c12-8-9(13)7-10-1-2-11-3-5-14-6-4-11/h9-10,12-13H,1-8H2.